The van der Waals surface area contributed by atoms with Gasteiger partial charge in [-0.1, -0.05) is 11.6 Å². The van der Waals surface area contributed by atoms with Crippen molar-refractivity contribution in [3.8, 4) is 5.75 Å². The quantitative estimate of drug-likeness (QED) is 0.819. The maximum atomic E-state index is 11.0. The number of hydrogen-bond acceptors (Lipinski definition) is 3. The molecule has 0 aliphatic rings. The summed E-state index contributed by atoms with van der Waals surface area (Å²) < 4.78 is 5.39. The van der Waals surface area contributed by atoms with E-state index < -0.39 is 18.2 Å². The van der Waals surface area contributed by atoms with Crippen molar-refractivity contribution in [1.29, 1.82) is 0 Å². The lowest BCUT2D eigenvalue weighted by Gasteiger charge is -2.18. The summed E-state index contributed by atoms with van der Waals surface area (Å²) in [5.41, 5.74) is 0.974. The number of rotatable bonds is 4. The predicted molar refractivity (Wildman–Crippen MR) is 59.9 cm³/mol. The minimum absolute atomic E-state index is 0.118. The molecule has 0 saturated heterocycles. The standard InChI is InChI=1S/C12H16O4/c1-7-4-5-11(10(6-7)12(14)15)16-9(3)8(2)13/h4-6,8-9,13H,1-3H3,(H,14,15). The van der Waals surface area contributed by atoms with E-state index in [2.05, 4.69) is 0 Å². The van der Waals surface area contributed by atoms with Crippen molar-refractivity contribution in [2.75, 3.05) is 0 Å². The molecule has 0 bridgehead atoms. The van der Waals surface area contributed by atoms with Crippen LogP contribution in [0.3, 0.4) is 0 Å². The van der Waals surface area contributed by atoms with E-state index in [1.165, 1.54) is 0 Å². The molecule has 2 N–H and O–H groups in total. The Bertz CT molecular complexity index is 385. The number of aliphatic hydroxyl groups excluding tert-OH is 1. The van der Waals surface area contributed by atoms with Gasteiger partial charge in [-0.15, -0.1) is 0 Å². The fraction of sp³-hybridized carbons (Fsp3) is 0.417. The van der Waals surface area contributed by atoms with Crippen molar-refractivity contribution in [3.05, 3.63) is 29.3 Å². The average Bonchev–Trinajstić information content (AvgIpc) is 2.20. The summed E-state index contributed by atoms with van der Waals surface area (Å²) in [5, 5.41) is 18.3. The van der Waals surface area contributed by atoms with Crippen molar-refractivity contribution in [2.24, 2.45) is 0 Å². The summed E-state index contributed by atoms with van der Waals surface area (Å²) >= 11 is 0. The lowest BCUT2D eigenvalue weighted by molar-refractivity contribution is 0.0560. The van der Waals surface area contributed by atoms with Crippen LogP contribution >= 0.6 is 0 Å². The number of ether oxygens (including phenoxy) is 1. The minimum atomic E-state index is -1.03. The first-order chi connectivity index (χ1) is 7.41. The molecule has 0 aromatic heterocycles. The number of aliphatic hydroxyl groups is 1. The van der Waals surface area contributed by atoms with Crippen molar-refractivity contribution >= 4 is 5.97 Å². The maximum Gasteiger partial charge on any atom is 0.339 e. The van der Waals surface area contributed by atoms with Crippen LogP contribution in [-0.4, -0.2) is 28.4 Å². The van der Waals surface area contributed by atoms with Gasteiger partial charge in [0.05, 0.1) is 6.10 Å². The molecule has 0 heterocycles. The van der Waals surface area contributed by atoms with Crippen LogP contribution in [0.4, 0.5) is 0 Å². The first-order valence-corrected chi connectivity index (χ1v) is 5.10. The molecule has 4 heteroatoms. The Kier molecular flexibility index (Phi) is 3.90. The Balaban J connectivity index is 2.99. The lowest BCUT2D eigenvalue weighted by atomic mass is 10.1. The summed E-state index contributed by atoms with van der Waals surface area (Å²) in [4.78, 5) is 11.0. The molecule has 0 radical (unpaired) electrons. The molecule has 2 unspecified atom stereocenters. The van der Waals surface area contributed by atoms with Crippen LogP contribution in [0.5, 0.6) is 5.75 Å². The van der Waals surface area contributed by atoms with Gasteiger partial charge >= 0.3 is 5.97 Å². The van der Waals surface area contributed by atoms with Gasteiger partial charge in [0.2, 0.25) is 0 Å². The number of carboxylic acids is 1. The molecule has 2 atom stereocenters. The summed E-state index contributed by atoms with van der Waals surface area (Å²) in [7, 11) is 0. The fourth-order valence-corrected chi connectivity index (χ4v) is 1.21. The Labute approximate surface area is 94.5 Å². The van der Waals surface area contributed by atoms with Crippen molar-refractivity contribution in [2.45, 2.75) is 33.0 Å². The Morgan fingerprint density at radius 3 is 2.50 bits per heavy atom. The molecule has 1 aromatic rings. The van der Waals surface area contributed by atoms with Crippen LogP contribution in [0.2, 0.25) is 0 Å². The van der Waals surface area contributed by atoms with Crippen LogP contribution in [0.25, 0.3) is 0 Å². The van der Waals surface area contributed by atoms with E-state index in [-0.39, 0.29) is 11.3 Å². The number of aryl methyl sites for hydroxylation is 1. The second kappa shape index (κ2) is 4.99. The molecule has 1 rings (SSSR count). The third kappa shape index (κ3) is 2.97. The molecule has 1 aromatic carbocycles. The zero-order valence-corrected chi connectivity index (χ0v) is 9.60. The first kappa shape index (κ1) is 12.5. The van der Waals surface area contributed by atoms with E-state index in [9.17, 15) is 9.90 Å². The van der Waals surface area contributed by atoms with E-state index in [4.69, 9.17) is 9.84 Å². The van der Waals surface area contributed by atoms with Crippen molar-refractivity contribution in [1.82, 2.24) is 0 Å². The topological polar surface area (TPSA) is 66.8 Å². The molecule has 0 amide bonds. The van der Waals surface area contributed by atoms with Crippen LogP contribution in [0, 0.1) is 6.92 Å². The summed E-state index contributed by atoms with van der Waals surface area (Å²) in [6.07, 6.45) is -1.09. The highest BCUT2D eigenvalue weighted by molar-refractivity contribution is 5.91. The number of benzene rings is 1. The molecule has 4 nitrogen and oxygen atoms in total. The van der Waals surface area contributed by atoms with Gasteiger partial charge in [-0.05, 0) is 32.9 Å². The largest absolute Gasteiger partial charge is 0.487 e. The molecule has 0 aliphatic carbocycles. The molecule has 16 heavy (non-hydrogen) atoms. The highest BCUT2D eigenvalue weighted by Gasteiger charge is 2.16. The van der Waals surface area contributed by atoms with Gasteiger partial charge in [0, 0.05) is 0 Å². The minimum Gasteiger partial charge on any atom is -0.487 e. The average molecular weight is 224 g/mol. The Morgan fingerprint density at radius 1 is 1.38 bits per heavy atom. The summed E-state index contributed by atoms with van der Waals surface area (Å²) in [5.74, 6) is -0.747. The summed E-state index contributed by atoms with van der Waals surface area (Å²) in [6, 6.07) is 4.93. The number of hydrogen-bond donors (Lipinski definition) is 2. The van der Waals surface area contributed by atoms with Gasteiger partial charge in [0.25, 0.3) is 0 Å². The van der Waals surface area contributed by atoms with E-state index in [1.54, 1.807) is 32.0 Å². The maximum absolute atomic E-state index is 11.0. The van der Waals surface area contributed by atoms with Crippen LogP contribution in [0.15, 0.2) is 18.2 Å². The SMILES string of the molecule is Cc1ccc(OC(C)C(C)O)c(C(=O)O)c1. The van der Waals surface area contributed by atoms with Gasteiger partial charge in [-0.3, -0.25) is 0 Å². The second-order valence-corrected chi connectivity index (χ2v) is 3.87. The number of carbonyl (C=O) groups is 1. The summed E-state index contributed by atoms with van der Waals surface area (Å²) in [6.45, 7) is 5.10. The molecule has 0 saturated carbocycles. The third-order valence-corrected chi connectivity index (χ3v) is 2.36. The molecular weight excluding hydrogens is 208 g/mol. The van der Waals surface area contributed by atoms with E-state index in [1.807, 2.05) is 6.92 Å². The van der Waals surface area contributed by atoms with Gasteiger partial charge in [0.1, 0.15) is 17.4 Å². The molecular formula is C12H16O4. The van der Waals surface area contributed by atoms with Gasteiger partial charge in [0.15, 0.2) is 0 Å². The monoisotopic (exact) mass is 224 g/mol. The third-order valence-electron chi connectivity index (χ3n) is 2.36. The zero-order chi connectivity index (χ0) is 12.3. The van der Waals surface area contributed by atoms with E-state index in [0.29, 0.717) is 0 Å². The highest BCUT2D eigenvalue weighted by atomic mass is 16.5. The molecule has 88 valence electrons. The normalized spacial score (nSPS) is 14.2. The lowest BCUT2D eigenvalue weighted by Crippen LogP contribution is -2.26. The smallest absolute Gasteiger partial charge is 0.339 e. The molecule has 0 aliphatic heterocycles. The van der Waals surface area contributed by atoms with E-state index >= 15 is 0 Å². The Hall–Kier alpha value is -1.55. The molecule has 0 fully saturated rings. The van der Waals surface area contributed by atoms with Gasteiger partial charge in [-0.2, -0.15) is 0 Å². The van der Waals surface area contributed by atoms with E-state index in [0.717, 1.165) is 5.56 Å². The zero-order valence-electron chi connectivity index (χ0n) is 9.60. The number of carboxylic acid groups (broad SMARTS) is 1. The van der Waals surface area contributed by atoms with Gasteiger partial charge in [-0.25, -0.2) is 4.79 Å². The first-order valence-electron chi connectivity index (χ1n) is 5.10. The Morgan fingerprint density at radius 2 is 2.00 bits per heavy atom. The van der Waals surface area contributed by atoms with Crippen LogP contribution < -0.4 is 4.74 Å². The fourth-order valence-electron chi connectivity index (χ4n) is 1.21. The number of aromatic carboxylic acids is 1. The van der Waals surface area contributed by atoms with Crippen LogP contribution in [0.1, 0.15) is 29.8 Å². The second-order valence-electron chi connectivity index (χ2n) is 3.87. The predicted octanol–water partition coefficient (Wildman–Crippen LogP) is 1.84. The molecule has 0 spiro atoms. The van der Waals surface area contributed by atoms with Crippen molar-refractivity contribution in [3.63, 3.8) is 0 Å². The van der Waals surface area contributed by atoms with Gasteiger partial charge < -0.3 is 14.9 Å². The highest BCUT2D eigenvalue weighted by Crippen LogP contribution is 2.21. The van der Waals surface area contributed by atoms with Crippen LogP contribution in [-0.2, 0) is 0 Å². The van der Waals surface area contributed by atoms with Crippen molar-refractivity contribution < 1.29 is 19.7 Å².